The number of anilines is 1. The number of nitrogen functional groups attached to an aromatic ring is 1. The quantitative estimate of drug-likeness (QED) is 0.593. The number of rotatable bonds is 1. The molecule has 1 unspecified atom stereocenters. The Morgan fingerprint density at radius 1 is 1.38 bits per heavy atom. The molecule has 1 aromatic heterocycles. The number of hydrogen-bond acceptors (Lipinski definition) is 4. The number of nitrogens with one attached hydrogen (secondary N) is 1. The molecular weight excluding hydrogens is 188 g/mol. The molecule has 68 valence electrons. The van der Waals surface area contributed by atoms with Gasteiger partial charge in [0.2, 0.25) is 5.00 Å². The minimum Gasteiger partial charge on any atom is -0.594 e. The normalized spacial score (nSPS) is 13.4. The van der Waals surface area contributed by atoms with Crippen molar-refractivity contribution in [3.63, 3.8) is 0 Å². The first-order chi connectivity index (χ1) is 6.20. The van der Waals surface area contributed by atoms with Gasteiger partial charge in [-0.1, -0.05) is 29.5 Å². The monoisotopic (exact) mass is 196 g/mol. The van der Waals surface area contributed by atoms with Gasteiger partial charge in [-0.25, -0.2) is 5.21 Å². The van der Waals surface area contributed by atoms with Gasteiger partial charge in [0.15, 0.2) is 0 Å². The predicted molar refractivity (Wildman–Crippen MR) is 52.0 cm³/mol. The van der Waals surface area contributed by atoms with Crippen molar-refractivity contribution in [2.45, 2.75) is 0 Å². The fourth-order valence-corrected chi connectivity index (χ4v) is 2.19. The minimum absolute atomic E-state index is 0.223. The molecule has 0 radical (unpaired) electrons. The van der Waals surface area contributed by atoms with E-state index in [1.54, 1.807) is 0 Å². The second-order valence-electron chi connectivity index (χ2n) is 2.65. The molecular formula is C8H8N2O2S. The van der Waals surface area contributed by atoms with Crippen LogP contribution in [0, 0.1) is 5.21 Å². The van der Waals surface area contributed by atoms with E-state index in [4.69, 9.17) is 10.9 Å². The molecule has 1 aromatic carbocycles. The van der Waals surface area contributed by atoms with Crippen LogP contribution in [0.1, 0.15) is 0 Å². The summed E-state index contributed by atoms with van der Waals surface area (Å²) in [4.78, 5) is 0. The molecule has 2 aromatic rings. The third kappa shape index (κ3) is 1.27. The van der Waals surface area contributed by atoms with Crippen molar-refractivity contribution in [2.75, 3.05) is 5.73 Å². The van der Waals surface area contributed by atoms with Crippen molar-refractivity contribution >= 4 is 32.1 Å². The predicted octanol–water partition coefficient (Wildman–Crippen LogP) is 0.887. The van der Waals surface area contributed by atoms with Crippen LogP contribution in [0.2, 0.25) is 0 Å². The zero-order valence-electron chi connectivity index (χ0n) is 6.65. The lowest BCUT2D eigenvalue weighted by Crippen LogP contribution is -2.98. The highest BCUT2D eigenvalue weighted by Gasteiger charge is 2.13. The Kier molecular flexibility index (Phi) is 1.93. The fourth-order valence-electron chi connectivity index (χ4n) is 1.22. The Labute approximate surface area is 78.3 Å². The zero-order chi connectivity index (χ0) is 9.42. The van der Waals surface area contributed by atoms with E-state index in [1.165, 1.54) is 11.3 Å². The van der Waals surface area contributed by atoms with Crippen molar-refractivity contribution in [2.24, 2.45) is 0 Å². The summed E-state index contributed by atoms with van der Waals surface area (Å²) in [5, 5.41) is 19.6. The van der Waals surface area contributed by atoms with Gasteiger partial charge in [-0.2, -0.15) is 5.23 Å². The van der Waals surface area contributed by atoms with Crippen LogP contribution in [0.5, 0.6) is 0 Å². The highest BCUT2D eigenvalue weighted by molar-refractivity contribution is 7.22. The van der Waals surface area contributed by atoms with E-state index in [0.29, 0.717) is 5.69 Å². The van der Waals surface area contributed by atoms with Crippen LogP contribution in [0.3, 0.4) is 0 Å². The topological polar surface area (TPSA) is 73.8 Å². The van der Waals surface area contributed by atoms with Gasteiger partial charge in [-0.05, 0) is 6.07 Å². The van der Waals surface area contributed by atoms with Crippen molar-refractivity contribution in [1.29, 1.82) is 0 Å². The molecule has 0 aliphatic rings. The Hall–Kier alpha value is -1.14. The van der Waals surface area contributed by atoms with E-state index >= 15 is 0 Å². The van der Waals surface area contributed by atoms with E-state index in [9.17, 15) is 5.21 Å². The van der Waals surface area contributed by atoms with Crippen LogP contribution >= 0.6 is 11.3 Å². The standard InChI is InChI=1S/C8H8N2O2S/c9-7-5-3-1-2-4-6(5)13-8(7)10(11)12/h1-4,10-11H,9H2. The summed E-state index contributed by atoms with van der Waals surface area (Å²) in [5.74, 6) is 0. The molecule has 0 bridgehead atoms. The third-order valence-electron chi connectivity index (χ3n) is 1.83. The maximum absolute atomic E-state index is 10.7. The molecule has 0 amide bonds. The van der Waals surface area contributed by atoms with Gasteiger partial charge in [0.1, 0.15) is 5.69 Å². The van der Waals surface area contributed by atoms with E-state index in [-0.39, 0.29) is 5.00 Å². The van der Waals surface area contributed by atoms with E-state index < -0.39 is 5.23 Å². The van der Waals surface area contributed by atoms with Gasteiger partial charge < -0.3 is 10.9 Å². The third-order valence-corrected chi connectivity index (χ3v) is 3.00. The number of hydrogen-bond donors (Lipinski definition) is 3. The summed E-state index contributed by atoms with van der Waals surface area (Å²) < 4.78 is 0.914. The Morgan fingerprint density at radius 3 is 2.69 bits per heavy atom. The highest BCUT2D eigenvalue weighted by Crippen LogP contribution is 2.34. The van der Waals surface area contributed by atoms with Crippen LogP contribution in [0.15, 0.2) is 24.3 Å². The summed E-state index contributed by atoms with van der Waals surface area (Å²) in [5.41, 5.74) is 6.04. The molecule has 13 heavy (non-hydrogen) atoms. The smallest absolute Gasteiger partial charge is 0.243 e. The van der Waals surface area contributed by atoms with E-state index in [1.807, 2.05) is 24.3 Å². The molecule has 0 aliphatic heterocycles. The minimum atomic E-state index is -0.960. The zero-order valence-corrected chi connectivity index (χ0v) is 7.47. The van der Waals surface area contributed by atoms with Crippen LogP contribution in [0.4, 0.5) is 10.7 Å². The number of nitrogens with two attached hydrogens (primary N) is 1. The summed E-state index contributed by atoms with van der Waals surface area (Å²) >= 11 is 1.21. The van der Waals surface area contributed by atoms with Crippen LogP contribution in [0.25, 0.3) is 10.1 Å². The molecule has 5 heteroatoms. The van der Waals surface area contributed by atoms with E-state index in [0.717, 1.165) is 10.1 Å². The lowest BCUT2D eigenvalue weighted by atomic mass is 10.2. The lowest BCUT2D eigenvalue weighted by molar-refractivity contribution is -0.988. The van der Waals surface area contributed by atoms with Crippen molar-refractivity contribution in [1.82, 2.24) is 0 Å². The van der Waals surface area contributed by atoms with Gasteiger partial charge in [-0.15, -0.1) is 0 Å². The average molecular weight is 196 g/mol. The van der Waals surface area contributed by atoms with Gasteiger partial charge >= 0.3 is 0 Å². The van der Waals surface area contributed by atoms with E-state index in [2.05, 4.69) is 0 Å². The van der Waals surface area contributed by atoms with Gasteiger partial charge in [-0.3, -0.25) is 0 Å². The van der Waals surface area contributed by atoms with Crippen molar-refractivity contribution < 1.29 is 10.4 Å². The molecule has 0 aliphatic carbocycles. The molecule has 0 saturated heterocycles. The van der Waals surface area contributed by atoms with Crippen molar-refractivity contribution in [3.05, 3.63) is 29.5 Å². The summed E-state index contributed by atoms with van der Waals surface area (Å²) in [6.45, 7) is 0. The van der Waals surface area contributed by atoms with Gasteiger partial charge in [0.25, 0.3) is 0 Å². The maximum Gasteiger partial charge on any atom is 0.243 e. The Balaban J connectivity index is 2.74. The van der Waals surface area contributed by atoms with Crippen LogP contribution in [-0.4, -0.2) is 5.21 Å². The number of quaternary nitrogens is 1. The lowest BCUT2D eigenvalue weighted by Gasteiger charge is -2.08. The maximum atomic E-state index is 10.7. The number of fused-ring (bicyclic) bond motifs is 1. The molecule has 1 atom stereocenters. The fraction of sp³-hybridized carbons (Fsp3) is 0. The molecule has 4 nitrogen and oxygen atoms in total. The Bertz CT molecular complexity index is 439. The van der Waals surface area contributed by atoms with Crippen LogP contribution < -0.4 is 11.0 Å². The molecule has 0 spiro atoms. The molecule has 0 saturated carbocycles. The second kappa shape index (κ2) is 2.97. The second-order valence-corrected chi connectivity index (χ2v) is 3.70. The molecule has 4 N–H and O–H groups in total. The summed E-state index contributed by atoms with van der Waals surface area (Å²) in [6, 6.07) is 7.40. The van der Waals surface area contributed by atoms with Crippen molar-refractivity contribution in [3.8, 4) is 0 Å². The number of benzene rings is 1. The molecule has 2 rings (SSSR count). The first-order valence-electron chi connectivity index (χ1n) is 3.70. The SMILES string of the molecule is Nc1c([NH+]([O-])O)sc2ccccc12. The molecule has 0 fully saturated rings. The summed E-state index contributed by atoms with van der Waals surface area (Å²) in [7, 11) is 0. The molecule has 1 heterocycles. The van der Waals surface area contributed by atoms with Gasteiger partial charge in [0.05, 0.1) is 0 Å². The largest absolute Gasteiger partial charge is 0.594 e. The summed E-state index contributed by atoms with van der Waals surface area (Å²) in [6.07, 6.45) is 0. The average Bonchev–Trinajstić information content (AvgIpc) is 2.45. The Morgan fingerprint density at radius 2 is 2.08 bits per heavy atom. The van der Waals surface area contributed by atoms with Gasteiger partial charge in [0, 0.05) is 10.1 Å². The first kappa shape index (κ1) is 8.46. The first-order valence-corrected chi connectivity index (χ1v) is 4.52. The van der Waals surface area contributed by atoms with Crippen LogP contribution in [-0.2, 0) is 0 Å². The highest BCUT2D eigenvalue weighted by atomic mass is 32.1. The number of thiophene rings is 1.